The number of benzene rings is 2. The van der Waals surface area contributed by atoms with E-state index in [-0.39, 0.29) is 0 Å². The molecule has 1 atom stereocenters. The molecule has 1 N–H and O–H groups in total. The van der Waals surface area contributed by atoms with E-state index < -0.39 is 6.10 Å². The van der Waals surface area contributed by atoms with Crippen molar-refractivity contribution in [2.24, 2.45) is 0 Å². The molecule has 0 aliphatic rings. The van der Waals surface area contributed by atoms with Crippen molar-refractivity contribution in [3.8, 4) is 5.75 Å². The highest BCUT2D eigenvalue weighted by Gasteiger charge is 2.02. The zero-order valence-corrected chi connectivity index (χ0v) is 11.9. The van der Waals surface area contributed by atoms with Gasteiger partial charge in [0, 0.05) is 11.6 Å². The van der Waals surface area contributed by atoms with E-state index in [1.165, 1.54) is 0 Å². The summed E-state index contributed by atoms with van der Waals surface area (Å²) >= 11 is 0. The first kappa shape index (κ1) is 13.6. The fourth-order valence-corrected chi connectivity index (χ4v) is 2.22. The molecule has 106 valence electrons. The molecule has 3 heteroatoms. The Morgan fingerprint density at radius 2 is 1.90 bits per heavy atom. The first-order chi connectivity index (χ1) is 10.2. The number of hydrogen-bond donors (Lipinski definition) is 1. The SMILES string of the molecule is CC(O)c1ccc(OCc2ccc3ncccc3c2)cc1. The van der Waals surface area contributed by atoms with E-state index in [1.807, 2.05) is 48.5 Å². The molecular formula is C18H17NO2. The zero-order chi connectivity index (χ0) is 14.7. The lowest BCUT2D eigenvalue weighted by atomic mass is 10.1. The molecule has 3 aromatic rings. The third-order valence-corrected chi connectivity index (χ3v) is 3.44. The molecule has 1 unspecified atom stereocenters. The molecular weight excluding hydrogens is 262 g/mol. The summed E-state index contributed by atoms with van der Waals surface area (Å²) < 4.78 is 5.77. The van der Waals surface area contributed by atoms with Gasteiger partial charge in [0.2, 0.25) is 0 Å². The number of fused-ring (bicyclic) bond motifs is 1. The highest BCUT2D eigenvalue weighted by atomic mass is 16.5. The Balaban J connectivity index is 1.71. The van der Waals surface area contributed by atoms with Crippen LogP contribution >= 0.6 is 0 Å². The zero-order valence-electron chi connectivity index (χ0n) is 11.9. The Morgan fingerprint density at radius 1 is 1.10 bits per heavy atom. The minimum absolute atomic E-state index is 0.452. The summed E-state index contributed by atoms with van der Waals surface area (Å²) in [6.45, 7) is 2.26. The van der Waals surface area contributed by atoms with E-state index in [4.69, 9.17) is 4.74 Å². The number of aliphatic hydroxyl groups excluding tert-OH is 1. The first-order valence-corrected chi connectivity index (χ1v) is 6.97. The number of aliphatic hydroxyl groups is 1. The predicted octanol–water partition coefficient (Wildman–Crippen LogP) is 3.87. The van der Waals surface area contributed by atoms with E-state index in [0.29, 0.717) is 6.61 Å². The van der Waals surface area contributed by atoms with Crippen molar-refractivity contribution >= 4 is 10.9 Å². The highest BCUT2D eigenvalue weighted by Crippen LogP contribution is 2.19. The van der Waals surface area contributed by atoms with Crippen LogP contribution in [-0.2, 0) is 6.61 Å². The second-order valence-electron chi connectivity index (χ2n) is 5.06. The second-order valence-corrected chi connectivity index (χ2v) is 5.06. The van der Waals surface area contributed by atoms with Crippen molar-refractivity contribution in [2.45, 2.75) is 19.6 Å². The predicted molar refractivity (Wildman–Crippen MR) is 83.2 cm³/mol. The van der Waals surface area contributed by atoms with Gasteiger partial charge < -0.3 is 9.84 Å². The molecule has 0 saturated carbocycles. The smallest absolute Gasteiger partial charge is 0.119 e. The number of nitrogens with zero attached hydrogens (tertiary/aromatic N) is 1. The van der Waals surface area contributed by atoms with Crippen LogP contribution in [0.25, 0.3) is 10.9 Å². The minimum Gasteiger partial charge on any atom is -0.489 e. The topological polar surface area (TPSA) is 42.4 Å². The summed E-state index contributed by atoms with van der Waals surface area (Å²) in [5.74, 6) is 0.797. The Labute approximate surface area is 123 Å². The lowest BCUT2D eigenvalue weighted by Gasteiger charge is -2.09. The van der Waals surface area contributed by atoms with Gasteiger partial charge in [-0.15, -0.1) is 0 Å². The monoisotopic (exact) mass is 279 g/mol. The Hall–Kier alpha value is -2.39. The summed E-state index contributed by atoms with van der Waals surface area (Å²) in [5.41, 5.74) is 2.98. The molecule has 0 spiro atoms. The Morgan fingerprint density at radius 3 is 2.67 bits per heavy atom. The highest BCUT2D eigenvalue weighted by molar-refractivity contribution is 5.78. The summed E-state index contributed by atoms with van der Waals surface area (Å²) in [6.07, 6.45) is 1.34. The van der Waals surface area contributed by atoms with Crippen molar-refractivity contribution in [1.29, 1.82) is 0 Å². The normalized spacial score (nSPS) is 12.3. The molecule has 21 heavy (non-hydrogen) atoms. The van der Waals surface area contributed by atoms with Crippen LogP contribution < -0.4 is 4.74 Å². The van der Waals surface area contributed by atoms with Gasteiger partial charge in [-0.25, -0.2) is 0 Å². The van der Waals surface area contributed by atoms with Crippen LogP contribution in [0, 0.1) is 0 Å². The maximum Gasteiger partial charge on any atom is 0.119 e. The third kappa shape index (κ3) is 3.20. The van der Waals surface area contributed by atoms with Gasteiger partial charge in [-0.05, 0) is 48.4 Å². The van der Waals surface area contributed by atoms with Gasteiger partial charge in [0.1, 0.15) is 12.4 Å². The molecule has 3 nitrogen and oxygen atoms in total. The number of rotatable bonds is 4. The fourth-order valence-electron chi connectivity index (χ4n) is 2.22. The Kier molecular flexibility index (Phi) is 3.84. The van der Waals surface area contributed by atoms with Crippen molar-refractivity contribution in [2.75, 3.05) is 0 Å². The average molecular weight is 279 g/mol. The lowest BCUT2D eigenvalue weighted by Crippen LogP contribution is -1.96. The van der Waals surface area contributed by atoms with E-state index in [2.05, 4.69) is 11.1 Å². The molecule has 0 bridgehead atoms. The van der Waals surface area contributed by atoms with Gasteiger partial charge in [0.25, 0.3) is 0 Å². The van der Waals surface area contributed by atoms with Crippen LogP contribution in [0.15, 0.2) is 60.8 Å². The fraction of sp³-hybridized carbons (Fsp3) is 0.167. The summed E-state index contributed by atoms with van der Waals surface area (Å²) in [7, 11) is 0. The summed E-state index contributed by atoms with van der Waals surface area (Å²) in [5, 5.41) is 10.6. The minimum atomic E-state index is -0.452. The van der Waals surface area contributed by atoms with Crippen molar-refractivity contribution in [3.05, 3.63) is 71.9 Å². The maximum atomic E-state index is 9.48. The maximum absolute atomic E-state index is 9.48. The molecule has 0 radical (unpaired) electrons. The molecule has 0 aliphatic heterocycles. The van der Waals surface area contributed by atoms with E-state index >= 15 is 0 Å². The number of pyridine rings is 1. The third-order valence-electron chi connectivity index (χ3n) is 3.44. The van der Waals surface area contributed by atoms with Crippen LogP contribution in [0.2, 0.25) is 0 Å². The molecule has 0 saturated heterocycles. The second kappa shape index (κ2) is 5.94. The van der Waals surface area contributed by atoms with Crippen LogP contribution in [0.4, 0.5) is 0 Å². The van der Waals surface area contributed by atoms with Crippen LogP contribution in [0.1, 0.15) is 24.2 Å². The van der Waals surface area contributed by atoms with Gasteiger partial charge in [-0.2, -0.15) is 0 Å². The summed E-state index contributed by atoms with van der Waals surface area (Å²) in [4.78, 5) is 4.30. The van der Waals surface area contributed by atoms with Gasteiger partial charge in [0.05, 0.1) is 11.6 Å². The first-order valence-electron chi connectivity index (χ1n) is 6.97. The molecule has 1 aromatic heterocycles. The van der Waals surface area contributed by atoms with E-state index in [1.54, 1.807) is 13.1 Å². The number of ether oxygens (including phenoxy) is 1. The quantitative estimate of drug-likeness (QED) is 0.788. The Bertz CT molecular complexity index is 736. The van der Waals surface area contributed by atoms with E-state index in [0.717, 1.165) is 27.8 Å². The molecule has 0 fully saturated rings. The lowest BCUT2D eigenvalue weighted by molar-refractivity contribution is 0.199. The molecule has 2 aromatic carbocycles. The average Bonchev–Trinajstić information content (AvgIpc) is 2.53. The van der Waals surface area contributed by atoms with Crippen molar-refractivity contribution in [1.82, 2.24) is 4.98 Å². The molecule has 1 heterocycles. The van der Waals surface area contributed by atoms with Gasteiger partial charge >= 0.3 is 0 Å². The van der Waals surface area contributed by atoms with Crippen LogP contribution in [0.5, 0.6) is 5.75 Å². The van der Waals surface area contributed by atoms with Crippen LogP contribution in [-0.4, -0.2) is 10.1 Å². The van der Waals surface area contributed by atoms with Crippen molar-refractivity contribution in [3.63, 3.8) is 0 Å². The summed E-state index contributed by atoms with van der Waals surface area (Å²) in [6, 6.07) is 17.6. The van der Waals surface area contributed by atoms with Crippen LogP contribution in [0.3, 0.4) is 0 Å². The van der Waals surface area contributed by atoms with Gasteiger partial charge in [-0.1, -0.05) is 24.3 Å². The number of hydrogen-bond acceptors (Lipinski definition) is 3. The van der Waals surface area contributed by atoms with Gasteiger partial charge in [-0.3, -0.25) is 4.98 Å². The molecule has 0 aliphatic carbocycles. The molecule has 3 rings (SSSR count). The number of aromatic nitrogens is 1. The largest absolute Gasteiger partial charge is 0.489 e. The molecule has 0 amide bonds. The van der Waals surface area contributed by atoms with Gasteiger partial charge in [0.15, 0.2) is 0 Å². The van der Waals surface area contributed by atoms with E-state index in [9.17, 15) is 5.11 Å². The standard InChI is InChI=1S/C18H17NO2/c1-13(20)15-5-7-17(8-6-15)21-12-14-4-9-18-16(11-14)3-2-10-19-18/h2-11,13,20H,12H2,1H3. The van der Waals surface area contributed by atoms with Crippen molar-refractivity contribution < 1.29 is 9.84 Å².